The van der Waals surface area contributed by atoms with E-state index in [2.05, 4.69) is 58.9 Å². The lowest BCUT2D eigenvalue weighted by atomic mass is 9.75. The van der Waals surface area contributed by atoms with Crippen molar-refractivity contribution in [2.75, 3.05) is 13.1 Å². The summed E-state index contributed by atoms with van der Waals surface area (Å²) in [4.78, 5) is 4.04. The standard InChI is InChI=1S/C23H24N4O2S/c1-26-15-22(24-16-26)30(28,29)27-13-20-23(21(14-27)25-20)19-11-9-18(10-12-19)8-7-17-5-3-2-4-6-17/h2-12,15-16,20-21,23,25H,13-14H2,1H3/b8-7+/t20-,21+,23?. The first kappa shape index (κ1) is 19.2. The number of hydrogen-bond acceptors (Lipinski definition) is 4. The Morgan fingerprint density at radius 3 is 2.20 bits per heavy atom. The van der Waals surface area contributed by atoms with Crippen molar-refractivity contribution >= 4 is 22.2 Å². The van der Waals surface area contributed by atoms with Gasteiger partial charge < -0.3 is 9.88 Å². The molecule has 7 heteroatoms. The number of piperidine rings is 1. The van der Waals surface area contributed by atoms with Crippen molar-refractivity contribution in [3.05, 3.63) is 83.8 Å². The lowest BCUT2D eigenvalue weighted by Gasteiger charge is -2.54. The quantitative estimate of drug-likeness (QED) is 0.645. The van der Waals surface area contributed by atoms with Gasteiger partial charge in [0.2, 0.25) is 0 Å². The number of benzene rings is 2. The highest BCUT2D eigenvalue weighted by Gasteiger charge is 2.50. The lowest BCUT2D eigenvalue weighted by molar-refractivity contribution is 0.101. The molecular weight excluding hydrogens is 396 g/mol. The van der Waals surface area contributed by atoms with E-state index in [0.29, 0.717) is 19.0 Å². The van der Waals surface area contributed by atoms with Gasteiger partial charge in [-0.05, 0) is 16.7 Å². The van der Waals surface area contributed by atoms with Crippen molar-refractivity contribution in [2.45, 2.75) is 23.0 Å². The van der Waals surface area contributed by atoms with E-state index >= 15 is 0 Å². The maximum atomic E-state index is 12.9. The smallest absolute Gasteiger partial charge is 0.262 e. The van der Waals surface area contributed by atoms with Crippen molar-refractivity contribution in [1.82, 2.24) is 19.2 Å². The average molecular weight is 421 g/mol. The molecule has 6 nitrogen and oxygen atoms in total. The molecule has 1 N–H and O–H groups in total. The predicted molar refractivity (Wildman–Crippen MR) is 117 cm³/mol. The highest BCUT2D eigenvalue weighted by atomic mass is 32.2. The fourth-order valence-electron chi connectivity index (χ4n) is 4.39. The van der Waals surface area contributed by atoms with Gasteiger partial charge in [0.15, 0.2) is 5.03 Å². The molecule has 0 radical (unpaired) electrons. The van der Waals surface area contributed by atoms with Gasteiger partial charge in [0.1, 0.15) is 0 Å². The molecule has 6 rings (SSSR count). The molecule has 1 unspecified atom stereocenters. The zero-order valence-corrected chi connectivity index (χ0v) is 17.5. The van der Waals surface area contributed by atoms with Crippen LogP contribution < -0.4 is 5.32 Å². The van der Waals surface area contributed by atoms with Gasteiger partial charge in [0.25, 0.3) is 10.0 Å². The molecule has 3 saturated heterocycles. The number of rotatable bonds is 5. The summed E-state index contributed by atoms with van der Waals surface area (Å²) in [5.74, 6) is 0.340. The summed E-state index contributed by atoms with van der Waals surface area (Å²) in [6.45, 7) is 0.936. The number of imidazole rings is 1. The number of fused-ring (bicyclic) bond motifs is 2. The number of hydrogen-bond donors (Lipinski definition) is 1. The van der Waals surface area contributed by atoms with Crippen molar-refractivity contribution in [1.29, 1.82) is 0 Å². The van der Waals surface area contributed by atoms with Crippen LogP contribution in [0.15, 0.2) is 72.1 Å². The lowest BCUT2D eigenvalue weighted by Crippen LogP contribution is -2.72. The Morgan fingerprint density at radius 2 is 1.60 bits per heavy atom. The first-order valence-corrected chi connectivity index (χ1v) is 11.5. The van der Waals surface area contributed by atoms with Crippen molar-refractivity contribution in [3.63, 3.8) is 0 Å². The second-order valence-corrected chi connectivity index (χ2v) is 9.90. The summed E-state index contributed by atoms with van der Waals surface area (Å²) in [7, 11) is -1.76. The molecule has 0 spiro atoms. The summed E-state index contributed by atoms with van der Waals surface area (Å²) in [6, 6.07) is 19.1. The van der Waals surface area contributed by atoms with Crippen molar-refractivity contribution in [2.24, 2.45) is 7.05 Å². The Bertz CT molecular complexity index is 1160. The largest absolute Gasteiger partial charge is 0.339 e. The third kappa shape index (κ3) is 3.49. The molecule has 0 aliphatic carbocycles. The molecule has 0 saturated carbocycles. The van der Waals surface area contributed by atoms with E-state index in [1.165, 1.54) is 17.5 Å². The van der Waals surface area contributed by atoms with Crippen molar-refractivity contribution < 1.29 is 8.42 Å². The van der Waals surface area contributed by atoms with E-state index in [0.717, 1.165) is 5.56 Å². The highest BCUT2D eigenvalue weighted by molar-refractivity contribution is 7.89. The van der Waals surface area contributed by atoms with E-state index in [1.807, 2.05) is 18.2 Å². The van der Waals surface area contributed by atoms with Crippen LogP contribution in [-0.2, 0) is 17.1 Å². The van der Waals surface area contributed by atoms with Crippen LogP contribution >= 0.6 is 0 Å². The molecule has 4 heterocycles. The molecule has 154 valence electrons. The van der Waals surface area contributed by atoms with E-state index in [1.54, 1.807) is 22.1 Å². The van der Waals surface area contributed by atoms with Gasteiger partial charge in [0, 0.05) is 44.3 Å². The second kappa shape index (κ2) is 7.50. The minimum absolute atomic E-state index is 0.123. The zero-order chi connectivity index (χ0) is 20.7. The predicted octanol–water partition coefficient (Wildman–Crippen LogP) is 2.72. The Labute approximate surface area is 176 Å². The molecular formula is C23H24N4O2S. The normalized spacial score (nSPS) is 24.1. The van der Waals surface area contributed by atoms with Gasteiger partial charge >= 0.3 is 0 Å². The van der Waals surface area contributed by atoms with Gasteiger partial charge in [-0.1, -0.05) is 66.7 Å². The summed E-state index contributed by atoms with van der Waals surface area (Å²) in [5.41, 5.74) is 3.59. The number of nitrogens with one attached hydrogen (secondary N) is 1. The molecule has 0 amide bonds. The first-order chi connectivity index (χ1) is 14.5. The maximum absolute atomic E-state index is 12.9. The average Bonchev–Trinajstić information content (AvgIpc) is 3.21. The summed E-state index contributed by atoms with van der Waals surface area (Å²) in [6.07, 6.45) is 7.30. The number of piperazine rings is 1. The molecule has 2 aromatic carbocycles. The van der Waals surface area contributed by atoms with E-state index in [-0.39, 0.29) is 17.1 Å². The monoisotopic (exact) mass is 420 g/mol. The summed E-state index contributed by atoms with van der Waals surface area (Å²) < 4.78 is 28.9. The van der Waals surface area contributed by atoms with Crippen LogP contribution in [0, 0.1) is 0 Å². The molecule has 3 fully saturated rings. The molecule has 3 aliphatic rings. The Balaban J connectivity index is 1.27. The molecule has 3 aliphatic heterocycles. The number of nitrogens with zero attached hydrogens (tertiary/aromatic N) is 3. The summed E-state index contributed by atoms with van der Waals surface area (Å²) >= 11 is 0. The van der Waals surface area contributed by atoms with E-state index in [4.69, 9.17) is 0 Å². The van der Waals surface area contributed by atoms with Crippen LogP contribution in [0.3, 0.4) is 0 Å². The van der Waals surface area contributed by atoms with Gasteiger partial charge in [-0.15, -0.1) is 0 Å². The number of sulfonamides is 1. The molecule has 3 aromatic rings. The zero-order valence-electron chi connectivity index (χ0n) is 16.7. The molecule has 3 atom stereocenters. The van der Waals surface area contributed by atoms with Crippen LogP contribution in [0.5, 0.6) is 0 Å². The van der Waals surface area contributed by atoms with E-state index < -0.39 is 10.0 Å². The van der Waals surface area contributed by atoms with Gasteiger partial charge in [0.05, 0.1) is 6.33 Å². The van der Waals surface area contributed by atoms with Gasteiger partial charge in [-0.3, -0.25) is 0 Å². The fraction of sp³-hybridized carbons (Fsp3) is 0.261. The van der Waals surface area contributed by atoms with Gasteiger partial charge in [-0.25, -0.2) is 13.4 Å². The Kier molecular flexibility index (Phi) is 4.81. The van der Waals surface area contributed by atoms with Crippen LogP contribution in [0.1, 0.15) is 22.6 Å². The molecule has 1 aromatic heterocycles. The topological polar surface area (TPSA) is 67.2 Å². The summed E-state index contributed by atoms with van der Waals surface area (Å²) in [5, 5.41) is 3.62. The third-order valence-corrected chi connectivity index (χ3v) is 7.69. The van der Waals surface area contributed by atoms with Crippen molar-refractivity contribution in [3.8, 4) is 0 Å². The van der Waals surface area contributed by atoms with Crippen LogP contribution in [-0.4, -0.2) is 47.4 Å². The first-order valence-electron chi connectivity index (χ1n) is 10.1. The van der Waals surface area contributed by atoms with Crippen LogP contribution in [0.25, 0.3) is 12.2 Å². The minimum Gasteiger partial charge on any atom is -0.339 e. The van der Waals surface area contributed by atoms with E-state index in [9.17, 15) is 8.42 Å². The minimum atomic E-state index is -3.54. The van der Waals surface area contributed by atoms with Gasteiger partial charge in [-0.2, -0.15) is 4.31 Å². The molecule has 2 bridgehead atoms. The molecule has 30 heavy (non-hydrogen) atoms. The second-order valence-electron chi connectivity index (χ2n) is 8.02. The SMILES string of the molecule is Cn1cnc(S(=O)(=O)N2C[C@@H]3N[C@H](C2)C3c2ccc(/C=C/c3ccccc3)cc2)c1. The van der Waals surface area contributed by atoms with Crippen LogP contribution in [0.2, 0.25) is 0 Å². The fourth-order valence-corrected chi connectivity index (χ4v) is 5.85. The number of aromatic nitrogens is 2. The number of aryl methyl sites for hydroxylation is 1. The third-order valence-electron chi connectivity index (χ3n) is 5.97. The Hall–Kier alpha value is -2.74. The Morgan fingerprint density at radius 1 is 0.967 bits per heavy atom. The maximum Gasteiger partial charge on any atom is 0.262 e. The highest BCUT2D eigenvalue weighted by Crippen LogP contribution is 2.38. The van der Waals surface area contributed by atoms with Crippen LogP contribution in [0.4, 0.5) is 0 Å².